The number of ether oxygens (including phenoxy) is 3. The predicted molar refractivity (Wildman–Crippen MR) is 44.3 cm³/mol. The molecule has 1 heterocycles. The van der Waals surface area contributed by atoms with Crippen LogP contribution in [0.4, 0.5) is 9.59 Å². The highest BCUT2D eigenvalue weighted by molar-refractivity contribution is 5.65. The largest absolute Gasteiger partial charge is 0.449 e. The number of amides is 2. The van der Waals surface area contributed by atoms with E-state index in [1.165, 1.54) is 0 Å². The van der Waals surface area contributed by atoms with Gasteiger partial charge in [-0.3, -0.25) is 0 Å². The number of rotatable bonds is 4. The summed E-state index contributed by atoms with van der Waals surface area (Å²) in [5.41, 5.74) is 9.12. The van der Waals surface area contributed by atoms with Gasteiger partial charge in [0.15, 0.2) is 0 Å². The normalized spacial score (nSPS) is 18.0. The fraction of sp³-hybridized carbons (Fsp3) is 0.714. The van der Waals surface area contributed by atoms with E-state index in [0.717, 1.165) is 0 Å². The average molecular weight is 204 g/mol. The van der Waals surface area contributed by atoms with Crippen LogP contribution < -0.4 is 11.5 Å². The van der Waals surface area contributed by atoms with Crippen molar-refractivity contribution >= 4 is 12.2 Å². The number of carbonyl (C=O) groups is 2. The molecule has 1 rings (SSSR count). The van der Waals surface area contributed by atoms with Crippen LogP contribution in [0.3, 0.4) is 0 Å². The standard InChI is InChI=1S/C7H12N2O5/c8-5(10)13-3-7(1-12-2-7)4-14-6(9)11/h1-4H2,(H2,8,10)(H2,9,11). The van der Waals surface area contributed by atoms with Crippen molar-refractivity contribution < 1.29 is 23.8 Å². The summed E-state index contributed by atoms with van der Waals surface area (Å²) in [6.07, 6.45) is -1.73. The maximum absolute atomic E-state index is 10.4. The molecule has 4 N–H and O–H groups in total. The zero-order valence-electron chi connectivity index (χ0n) is 7.52. The SMILES string of the molecule is NC(=O)OCC1(COC(N)=O)COC1. The van der Waals surface area contributed by atoms with E-state index in [4.69, 9.17) is 16.2 Å². The van der Waals surface area contributed by atoms with Crippen molar-refractivity contribution in [3.05, 3.63) is 0 Å². The van der Waals surface area contributed by atoms with Crippen LogP contribution in [-0.4, -0.2) is 38.6 Å². The van der Waals surface area contributed by atoms with Crippen molar-refractivity contribution in [2.75, 3.05) is 26.4 Å². The molecule has 1 aliphatic rings. The number of nitrogens with two attached hydrogens (primary N) is 2. The van der Waals surface area contributed by atoms with Gasteiger partial charge in [0, 0.05) is 0 Å². The summed E-state index contributed by atoms with van der Waals surface area (Å²) in [6, 6.07) is 0. The molecule has 0 aromatic carbocycles. The Kier molecular flexibility index (Phi) is 3.13. The maximum atomic E-state index is 10.4. The van der Waals surface area contributed by atoms with Gasteiger partial charge in [-0.15, -0.1) is 0 Å². The lowest BCUT2D eigenvalue weighted by molar-refractivity contribution is -0.157. The predicted octanol–water partition coefficient (Wildman–Crippen LogP) is -0.806. The Hall–Kier alpha value is -1.50. The fourth-order valence-corrected chi connectivity index (χ4v) is 1.05. The quantitative estimate of drug-likeness (QED) is 0.621. The molecule has 7 nitrogen and oxygen atoms in total. The number of hydrogen-bond donors (Lipinski definition) is 2. The van der Waals surface area contributed by atoms with Gasteiger partial charge in [0.25, 0.3) is 0 Å². The van der Waals surface area contributed by atoms with Gasteiger partial charge in [0.1, 0.15) is 13.2 Å². The second-order valence-corrected chi connectivity index (χ2v) is 3.21. The van der Waals surface area contributed by atoms with Crippen molar-refractivity contribution in [3.8, 4) is 0 Å². The Balaban J connectivity index is 2.33. The van der Waals surface area contributed by atoms with Crippen LogP contribution in [0.5, 0.6) is 0 Å². The highest BCUT2D eigenvalue weighted by Crippen LogP contribution is 2.28. The molecule has 7 heteroatoms. The van der Waals surface area contributed by atoms with Crippen molar-refractivity contribution in [1.82, 2.24) is 0 Å². The Bertz CT molecular complexity index is 218. The second kappa shape index (κ2) is 4.14. The first-order chi connectivity index (χ1) is 6.54. The minimum absolute atomic E-state index is 0.0651. The first kappa shape index (κ1) is 10.6. The molecule has 0 saturated carbocycles. The molecule has 80 valence electrons. The van der Waals surface area contributed by atoms with Crippen molar-refractivity contribution in [2.24, 2.45) is 16.9 Å². The highest BCUT2D eigenvalue weighted by atomic mass is 16.6. The summed E-state index contributed by atoms with van der Waals surface area (Å²) in [5, 5.41) is 0. The highest BCUT2D eigenvalue weighted by Gasteiger charge is 2.41. The van der Waals surface area contributed by atoms with Crippen LogP contribution in [0.25, 0.3) is 0 Å². The van der Waals surface area contributed by atoms with Gasteiger partial charge in [-0.05, 0) is 0 Å². The molecule has 0 bridgehead atoms. The Labute approximate surface area is 80.3 Å². The van der Waals surface area contributed by atoms with E-state index in [0.29, 0.717) is 13.2 Å². The van der Waals surface area contributed by atoms with Crippen molar-refractivity contribution in [2.45, 2.75) is 0 Å². The molecule has 0 unspecified atom stereocenters. The van der Waals surface area contributed by atoms with Gasteiger partial charge in [0.2, 0.25) is 0 Å². The third-order valence-electron chi connectivity index (χ3n) is 1.86. The van der Waals surface area contributed by atoms with Gasteiger partial charge < -0.3 is 25.7 Å². The molecule has 0 aromatic rings. The summed E-state index contributed by atoms with van der Waals surface area (Å²) in [6.45, 7) is 0.840. The minimum Gasteiger partial charge on any atom is -0.449 e. The van der Waals surface area contributed by atoms with Crippen LogP contribution >= 0.6 is 0 Å². The third kappa shape index (κ3) is 2.77. The van der Waals surface area contributed by atoms with E-state index in [1.54, 1.807) is 0 Å². The molecule has 1 fully saturated rings. The Morgan fingerprint density at radius 2 is 1.57 bits per heavy atom. The molecule has 1 saturated heterocycles. The zero-order valence-corrected chi connectivity index (χ0v) is 7.52. The third-order valence-corrected chi connectivity index (χ3v) is 1.86. The molecule has 0 aromatic heterocycles. The number of primary amides is 2. The molecular weight excluding hydrogens is 192 g/mol. The number of hydrogen-bond acceptors (Lipinski definition) is 5. The molecule has 2 amide bonds. The summed E-state index contributed by atoms with van der Waals surface area (Å²) < 4.78 is 14.2. The van der Waals surface area contributed by atoms with Crippen LogP contribution in [0.15, 0.2) is 0 Å². The summed E-state index contributed by atoms with van der Waals surface area (Å²) in [4.78, 5) is 20.7. The van der Waals surface area contributed by atoms with Gasteiger partial charge in [-0.25, -0.2) is 9.59 Å². The lowest BCUT2D eigenvalue weighted by Gasteiger charge is -2.39. The zero-order chi connectivity index (χ0) is 10.6. The molecule has 1 aliphatic heterocycles. The number of carbonyl (C=O) groups excluding carboxylic acids is 2. The van der Waals surface area contributed by atoms with Crippen molar-refractivity contribution in [3.63, 3.8) is 0 Å². The van der Waals surface area contributed by atoms with E-state index in [-0.39, 0.29) is 13.2 Å². The van der Waals surface area contributed by atoms with E-state index in [2.05, 4.69) is 9.47 Å². The maximum Gasteiger partial charge on any atom is 0.404 e. The minimum atomic E-state index is -0.865. The second-order valence-electron chi connectivity index (χ2n) is 3.21. The lowest BCUT2D eigenvalue weighted by Crippen LogP contribution is -2.51. The van der Waals surface area contributed by atoms with Gasteiger partial charge in [-0.2, -0.15) is 0 Å². The van der Waals surface area contributed by atoms with Gasteiger partial charge >= 0.3 is 12.2 Å². The van der Waals surface area contributed by atoms with E-state index in [9.17, 15) is 9.59 Å². The van der Waals surface area contributed by atoms with E-state index in [1.807, 2.05) is 0 Å². The van der Waals surface area contributed by atoms with Crippen LogP contribution in [-0.2, 0) is 14.2 Å². The van der Waals surface area contributed by atoms with Gasteiger partial charge in [0.05, 0.1) is 18.6 Å². The summed E-state index contributed by atoms with van der Waals surface area (Å²) >= 11 is 0. The monoisotopic (exact) mass is 204 g/mol. The molecule has 0 spiro atoms. The molecule has 0 radical (unpaired) electrons. The first-order valence-electron chi connectivity index (χ1n) is 3.96. The molecule has 14 heavy (non-hydrogen) atoms. The van der Waals surface area contributed by atoms with Crippen LogP contribution in [0.2, 0.25) is 0 Å². The fourth-order valence-electron chi connectivity index (χ4n) is 1.05. The van der Waals surface area contributed by atoms with E-state index < -0.39 is 17.6 Å². The topological polar surface area (TPSA) is 114 Å². The van der Waals surface area contributed by atoms with Crippen LogP contribution in [0, 0.1) is 5.41 Å². The summed E-state index contributed by atoms with van der Waals surface area (Å²) in [5.74, 6) is 0. The average Bonchev–Trinajstić information content (AvgIpc) is 2.01. The summed E-state index contributed by atoms with van der Waals surface area (Å²) in [7, 11) is 0. The van der Waals surface area contributed by atoms with Crippen molar-refractivity contribution in [1.29, 1.82) is 0 Å². The van der Waals surface area contributed by atoms with Gasteiger partial charge in [-0.1, -0.05) is 0 Å². The lowest BCUT2D eigenvalue weighted by atomic mass is 9.88. The first-order valence-corrected chi connectivity index (χ1v) is 3.96. The molecule has 0 atom stereocenters. The molecular formula is C7H12N2O5. The van der Waals surface area contributed by atoms with Crippen LogP contribution in [0.1, 0.15) is 0 Å². The Morgan fingerprint density at radius 1 is 1.14 bits per heavy atom. The smallest absolute Gasteiger partial charge is 0.404 e. The van der Waals surface area contributed by atoms with E-state index >= 15 is 0 Å². The molecule has 0 aliphatic carbocycles. The Morgan fingerprint density at radius 3 is 1.79 bits per heavy atom.